The highest BCUT2D eigenvalue weighted by atomic mass is 13.9. The zero-order chi connectivity index (χ0) is 19.7. The first-order valence-electron chi connectivity index (χ1n) is 11.7. The lowest BCUT2D eigenvalue weighted by Gasteiger charge is -1.97. The van der Waals surface area contributed by atoms with Gasteiger partial charge in [0.1, 0.15) is 0 Å². The number of allylic oxidation sites excluding steroid dienone is 10. The third kappa shape index (κ3) is 24.7. The number of rotatable bonds is 19. The zero-order valence-corrected chi connectivity index (χ0v) is 18.4. The summed E-state index contributed by atoms with van der Waals surface area (Å²) in [5.41, 5.74) is 0. The molecule has 0 aliphatic rings. The van der Waals surface area contributed by atoms with E-state index in [1.807, 2.05) is 0 Å². The van der Waals surface area contributed by atoms with Gasteiger partial charge in [-0.1, -0.05) is 120 Å². The van der Waals surface area contributed by atoms with Crippen molar-refractivity contribution in [2.24, 2.45) is 0 Å². The van der Waals surface area contributed by atoms with Crippen molar-refractivity contribution in [1.29, 1.82) is 0 Å². The first kappa shape index (κ1) is 25.7. The highest BCUT2D eigenvalue weighted by Gasteiger charge is 1.87. The van der Waals surface area contributed by atoms with Crippen LogP contribution in [-0.2, 0) is 0 Å². The van der Waals surface area contributed by atoms with Crippen LogP contribution in [0, 0.1) is 0 Å². The van der Waals surface area contributed by atoms with Gasteiger partial charge in [-0.15, -0.1) is 0 Å². The van der Waals surface area contributed by atoms with Gasteiger partial charge in [-0.2, -0.15) is 0 Å². The molecule has 0 heterocycles. The zero-order valence-electron chi connectivity index (χ0n) is 18.4. The van der Waals surface area contributed by atoms with Crippen molar-refractivity contribution in [2.75, 3.05) is 0 Å². The maximum Gasteiger partial charge on any atom is -0.0169 e. The monoisotopic (exact) mass is 370 g/mol. The maximum atomic E-state index is 2.35. The Kier molecular flexibility index (Phi) is 23.5. The van der Waals surface area contributed by atoms with E-state index in [0.717, 1.165) is 25.7 Å². The van der Waals surface area contributed by atoms with Gasteiger partial charge >= 0.3 is 0 Å². The van der Waals surface area contributed by atoms with Crippen molar-refractivity contribution < 1.29 is 0 Å². The Morgan fingerprint density at radius 3 is 1.07 bits per heavy atom. The van der Waals surface area contributed by atoms with Crippen LogP contribution in [-0.4, -0.2) is 0 Å². The molecule has 0 aromatic rings. The molecule has 0 saturated carbocycles. The van der Waals surface area contributed by atoms with Crippen molar-refractivity contribution in [3.63, 3.8) is 0 Å². The van der Waals surface area contributed by atoms with Crippen LogP contribution in [0.3, 0.4) is 0 Å². The summed E-state index contributed by atoms with van der Waals surface area (Å²) in [5, 5.41) is 0. The van der Waals surface area contributed by atoms with E-state index in [0.29, 0.717) is 0 Å². The smallest absolute Gasteiger partial charge is 0.0169 e. The predicted molar refractivity (Wildman–Crippen MR) is 126 cm³/mol. The molecule has 0 saturated heterocycles. The second-order valence-corrected chi connectivity index (χ2v) is 7.35. The van der Waals surface area contributed by atoms with Crippen molar-refractivity contribution in [3.8, 4) is 0 Å². The van der Waals surface area contributed by atoms with Crippen LogP contribution >= 0.6 is 0 Å². The molecule has 27 heavy (non-hydrogen) atoms. The van der Waals surface area contributed by atoms with Gasteiger partial charge in [-0.25, -0.2) is 0 Å². The van der Waals surface area contributed by atoms with Crippen LogP contribution < -0.4 is 0 Å². The fraction of sp³-hybridized carbons (Fsp3) is 0.630. The first-order chi connectivity index (χ1) is 13.4. The molecule has 0 aliphatic heterocycles. The second-order valence-electron chi connectivity index (χ2n) is 7.35. The average molecular weight is 371 g/mol. The first-order valence-corrected chi connectivity index (χ1v) is 11.7. The molecule has 0 unspecified atom stereocenters. The van der Waals surface area contributed by atoms with Crippen molar-refractivity contribution in [1.82, 2.24) is 0 Å². The molecule has 0 aromatic carbocycles. The molecular weight excluding hydrogens is 324 g/mol. The van der Waals surface area contributed by atoms with E-state index < -0.39 is 0 Å². The molecule has 0 bridgehead atoms. The standard InChI is InChI=1S/C27H46/c1-3-5-7-9-11-13-15-17-19-21-23-25-27-26-24-22-20-18-16-14-12-10-8-6-4-2/h11,13,17-20,23-26H,3-10,12,14-16,21-22,27H2,1-2H3/b13-11+,19-17+,20-18+,25-23+,26-24+. The summed E-state index contributed by atoms with van der Waals surface area (Å²) >= 11 is 0. The largest absolute Gasteiger partial charge is 0.0882 e. The van der Waals surface area contributed by atoms with Gasteiger partial charge < -0.3 is 0 Å². The minimum atomic E-state index is 1.05. The molecule has 0 radical (unpaired) electrons. The Hall–Kier alpha value is -1.30. The summed E-state index contributed by atoms with van der Waals surface area (Å²) in [6.45, 7) is 4.53. The van der Waals surface area contributed by atoms with Crippen molar-refractivity contribution in [3.05, 3.63) is 60.8 Å². The molecule has 0 heteroatoms. The molecule has 0 spiro atoms. The summed E-state index contributed by atoms with van der Waals surface area (Å²) in [6, 6.07) is 0. The lowest BCUT2D eigenvalue weighted by atomic mass is 10.1. The number of hydrogen-bond acceptors (Lipinski definition) is 0. The minimum Gasteiger partial charge on any atom is -0.0882 e. The Balaban J connectivity index is 3.39. The van der Waals surface area contributed by atoms with Crippen LogP contribution in [0.5, 0.6) is 0 Å². The topological polar surface area (TPSA) is 0 Å². The Bertz CT molecular complexity index is 406. The Morgan fingerprint density at radius 2 is 0.630 bits per heavy atom. The van der Waals surface area contributed by atoms with E-state index in [1.54, 1.807) is 0 Å². The highest BCUT2D eigenvalue weighted by molar-refractivity contribution is 5.00. The molecule has 0 fully saturated rings. The molecule has 0 nitrogen and oxygen atoms in total. The highest BCUT2D eigenvalue weighted by Crippen LogP contribution is 2.07. The van der Waals surface area contributed by atoms with Crippen LogP contribution in [0.1, 0.15) is 110 Å². The third-order valence-electron chi connectivity index (χ3n) is 4.62. The quantitative estimate of drug-likeness (QED) is 0.157. The minimum absolute atomic E-state index is 1.05. The van der Waals surface area contributed by atoms with Crippen LogP contribution in [0.2, 0.25) is 0 Å². The summed E-state index contributed by atoms with van der Waals surface area (Å²) in [4.78, 5) is 0. The van der Waals surface area contributed by atoms with Crippen LogP contribution in [0.4, 0.5) is 0 Å². The summed E-state index contributed by atoms with van der Waals surface area (Å²) in [5.74, 6) is 0. The molecule has 0 atom stereocenters. The number of unbranched alkanes of at least 4 members (excludes halogenated alkanes) is 9. The third-order valence-corrected chi connectivity index (χ3v) is 4.62. The van der Waals surface area contributed by atoms with E-state index in [-0.39, 0.29) is 0 Å². The maximum absolute atomic E-state index is 2.35. The fourth-order valence-electron chi connectivity index (χ4n) is 2.87. The number of hydrogen-bond donors (Lipinski definition) is 0. The van der Waals surface area contributed by atoms with Crippen LogP contribution in [0.15, 0.2) is 60.8 Å². The molecule has 0 rings (SSSR count). The lowest BCUT2D eigenvalue weighted by Crippen LogP contribution is -1.77. The summed E-state index contributed by atoms with van der Waals surface area (Å²) in [6.07, 6.45) is 42.0. The lowest BCUT2D eigenvalue weighted by molar-refractivity contribution is 0.611. The van der Waals surface area contributed by atoms with E-state index in [1.165, 1.54) is 70.6 Å². The van der Waals surface area contributed by atoms with E-state index in [2.05, 4.69) is 74.6 Å². The summed E-state index contributed by atoms with van der Waals surface area (Å²) < 4.78 is 0. The van der Waals surface area contributed by atoms with E-state index >= 15 is 0 Å². The Labute approximate surface area is 171 Å². The molecule has 0 N–H and O–H groups in total. The summed E-state index contributed by atoms with van der Waals surface area (Å²) in [7, 11) is 0. The van der Waals surface area contributed by atoms with E-state index in [9.17, 15) is 0 Å². The van der Waals surface area contributed by atoms with Gasteiger partial charge in [-0.05, 0) is 51.4 Å². The molecule has 0 aliphatic carbocycles. The van der Waals surface area contributed by atoms with Gasteiger partial charge in [0.05, 0.1) is 0 Å². The van der Waals surface area contributed by atoms with Gasteiger partial charge in [0.25, 0.3) is 0 Å². The van der Waals surface area contributed by atoms with E-state index in [4.69, 9.17) is 0 Å². The SMILES string of the molecule is CCCCC/C=C/C/C=C/C/C=C/C/C=C/C/C=C/CCCCCCCC. The molecule has 0 amide bonds. The average Bonchev–Trinajstić information content (AvgIpc) is 2.68. The predicted octanol–water partition coefficient (Wildman–Crippen LogP) is 9.66. The van der Waals surface area contributed by atoms with Gasteiger partial charge in [0.2, 0.25) is 0 Å². The normalized spacial score (nSPS) is 12.8. The fourth-order valence-corrected chi connectivity index (χ4v) is 2.87. The molecule has 0 aromatic heterocycles. The van der Waals surface area contributed by atoms with Crippen LogP contribution in [0.25, 0.3) is 0 Å². The van der Waals surface area contributed by atoms with Gasteiger partial charge in [-0.3, -0.25) is 0 Å². The van der Waals surface area contributed by atoms with Gasteiger partial charge in [0, 0.05) is 0 Å². The van der Waals surface area contributed by atoms with Crippen molar-refractivity contribution in [2.45, 2.75) is 110 Å². The molecular formula is C27H46. The molecule has 154 valence electrons. The van der Waals surface area contributed by atoms with Gasteiger partial charge in [0.15, 0.2) is 0 Å². The van der Waals surface area contributed by atoms with Crippen molar-refractivity contribution >= 4 is 0 Å². The second kappa shape index (κ2) is 24.7. The Morgan fingerprint density at radius 1 is 0.333 bits per heavy atom.